The van der Waals surface area contributed by atoms with E-state index in [9.17, 15) is 23.5 Å². The maximum atomic E-state index is 13.3. The molecule has 1 amide bonds. The standard InChI is InChI=1S/C12H14FN3O4S/c13-9-6-11(16(18)19)8(5-10(9)14)12(17)15-7-1-3-21(20)4-2-7/h5-7H,1-4,14H2,(H,15,17). The minimum absolute atomic E-state index is 0.193. The van der Waals surface area contributed by atoms with Crippen molar-refractivity contribution in [2.24, 2.45) is 0 Å². The number of benzene rings is 1. The monoisotopic (exact) mass is 315 g/mol. The average molecular weight is 315 g/mol. The highest BCUT2D eigenvalue weighted by Crippen LogP contribution is 2.24. The van der Waals surface area contributed by atoms with Crippen molar-refractivity contribution < 1.29 is 18.3 Å². The fourth-order valence-electron chi connectivity index (χ4n) is 2.11. The lowest BCUT2D eigenvalue weighted by Crippen LogP contribution is -2.39. The fraction of sp³-hybridized carbons (Fsp3) is 0.417. The van der Waals surface area contributed by atoms with Gasteiger partial charge in [-0.05, 0) is 18.9 Å². The maximum Gasteiger partial charge on any atom is 0.285 e. The molecule has 2 rings (SSSR count). The summed E-state index contributed by atoms with van der Waals surface area (Å²) < 4.78 is 24.5. The first-order valence-corrected chi connectivity index (χ1v) is 7.76. The molecule has 0 spiro atoms. The summed E-state index contributed by atoms with van der Waals surface area (Å²) in [5.41, 5.74) is 4.14. The molecule has 1 aliphatic rings. The van der Waals surface area contributed by atoms with Gasteiger partial charge < -0.3 is 11.1 Å². The van der Waals surface area contributed by atoms with Crippen LogP contribution < -0.4 is 11.1 Å². The summed E-state index contributed by atoms with van der Waals surface area (Å²) in [7, 11) is -0.868. The molecule has 1 aromatic rings. The highest BCUT2D eigenvalue weighted by molar-refractivity contribution is 7.85. The van der Waals surface area contributed by atoms with Crippen LogP contribution in [0.15, 0.2) is 12.1 Å². The van der Waals surface area contributed by atoms with Crippen molar-refractivity contribution in [3.8, 4) is 0 Å². The number of halogens is 1. The molecule has 9 heteroatoms. The van der Waals surface area contributed by atoms with Crippen LogP contribution in [0.5, 0.6) is 0 Å². The Hall–Kier alpha value is -2.03. The Morgan fingerprint density at radius 3 is 2.62 bits per heavy atom. The summed E-state index contributed by atoms with van der Waals surface area (Å²) >= 11 is 0. The van der Waals surface area contributed by atoms with E-state index >= 15 is 0 Å². The normalized spacial score (nSPS) is 21.8. The molecule has 0 unspecified atom stereocenters. The smallest absolute Gasteiger partial charge is 0.285 e. The third kappa shape index (κ3) is 3.54. The highest BCUT2D eigenvalue weighted by atomic mass is 32.2. The Morgan fingerprint density at radius 2 is 2.05 bits per heavy atom. The zero-order valence-electron chi connectivity index (χ0n) is 11.0. The molecule has 0 aromatic heterocycles. The van der Waals surface area contributed by atoms with Crippen LogP contribution in [0.4, 0.5) is 15.8 Å². The maximum absolute atomic E-state index is 13.3. The van der Waals surface area contributed by atoms with Gasteiger partial charge in [-0.3, -0.25) is 19.1 Å². The number of hydrogen-bond acceptors (Lipinski definition) is 5. The third-order valence-electron chi connectivity index (χ3n) is 3.28. The molecule has 7 nitrogen and oxygen atoms in total. The van der Waals surface area contributed by atoms with E-state index in [4.69, 9.17) is 5.73 Å². The van der Waals surface area contributed by atoms with Gasteiger partial charge in [-0.1, -0.05) is 0 Å². The molecule has 1 aliphatic heterocycles. The van der Waals surface area contributed by atoms with Crippen molar-refractivity contribution in [2.45, 2.75) is 18.9 Å². The molecule has 0 bridgehead atoms. The molecule has 0 saturated carbocycles. The summed E-state index contributed by atoms with van der Waals surface area (Å²) in [6, 6.07) is 1.41. The number of carbonyl (C=O) groups excluding carboxylic acids is 1. The van der Waals surface area contributed by atoms with Crippen molar-refractivity contribution in [3.05, 3.63) is 33.6 Å². The lowest BCUT2D eigenvalue weighted by molar-refractivity contribution is -0.385. The molecule has 1 saturated heterocycles. The van der Waals surface area contributed by atoms with Gasteiger partial charge in [0.1, 0.15) is 5.56 Å². The number of anilines is 1. The van der Waals surface area contributed by atoms with Crippen LogP contribution in [0.25, 0.3) is 0 Å². The molecule has 0 aliphatic carbocycles. The topological polar surface area (TPSA) is 115 Å². The van der Waals surface area contributed by atoms with Gasteiger partial charge in [-0.25, -0.2) is 4.39 Å². The van der Waals surface area contributed by atoms with E-state index in [1.54, 1.807) is 0 Å². The Labute approximate surface area is 122 Å². The van der Waals surface area contributed by atoms with Crippen LogP contribution >= 0.6 is 0 Å². The summed E-state index contributed by atoms with van der Waals surface area (Å²) in [6.45, 7) is 0. The number of nitro benzene ring substituents is 1. The number of carbonyl (C=O) groups is 1. The summed E-state index contributed by atoms with van der Waals surface area (Å²) in [6.07, 6.45) is 1.09. The first-order valence-electron chi connectivity index (χ1n) is 6.27. The minimum atomic E-state index is -0.939. The van der Waals surface area contributed by atoms with Crippen LogP contribution in [0.3, 0.4) is 0 Å². The fourth-order valence-corrected chi connectivity index (χ4v) is 3.41. The van der Waals surface area contributed by atoms with Gasteiger partial charge >= 0.3 is 0 Å². The Morgan fingerprint density at radius 1 is 1.43 bits per heavy atom. The number of amides is 1. The zero-order chi connectivity index (χ0) is 15.6. The predicted octanol–water partition coefficient (Wildman–Crippen LogP) is 0.957. The summed E-state index contributed by atoms with van der Waals surface area (Å²) in [5, 5.41) is 13.5. The molecule has 0 radical (unpaired) electrons. The Balaban J connectivity index is 2.20. The second-order valence-electron chi connectivity index (χ2n) is 4.74. The highest BCUT2D eigenvalue weighted by Gasteiger charge is 2.26. The largest absolute Gasteiger partial charge is 0.396 e. The average Bonchev–Trinajstić information content (AvgIpc) is 2.43. The van der Waals surface area contributed by atoms with Crippen molar-refractivity contribution in [1.82, 2.24) is 5.32 Å². The van der Waals surface area contributed by atoms with Gasteiger partial charge in [0.2, 0.25) is 0 Å². The lowest BCUT2D eigenvalue weighted by Gasteiger charge is -2.22. The summed E-state index contributed by atoms with van der Waals surface area (Å²) in [5.74, 6) is -0.644. The molecule has 114 valence electrons. The second kappa shape index (κ2) is 6.17. The zero-order valence-corrected chi connectivity index (χ0v) is 11.8. The quantitative estimate of drug-likeness (QED) is 0.489. The third-order valence-corrected chi connectivity index (χ3v) is 4.66. The van der Waals surface area contributed by atoms with Crippen LogP contribution in [0.1, 0.15) is 23.2 Å². The van der Waals surface area contributed by atoms with Gasteiger partial charge in [0, 0.05) is 28.3 Å². The molecular weight excluding hydrogens is 301 g/mol. The number of rotatable bonds is 3. The van der Waals surface area contributed by atoms with Gasteiger partial charge in [0.15, 0.2) is 5.82 Å². The lowest BCUT2D eigenvalue weighted by atomic mass is 10.1. The van der Waals surface area contributed by atoms with Crippen LogP contribution in [-0.4, -0.2) is 32.6 Å². The molecular formula is C12H14FN3O4S. The van der Waals surface area contributed by atoms with Gasteiger partial charge in [-0.15, -0.1) is 0 Å². The van der Waals surface area contributed by atoms with E-state index in [1.807, 2.05) is 0 Å². The van der Waals surface area contributed by atoms with Gasteiger partial charge in [0.25, 0.3) is 11.6 Å². The molecule has 0 atom stereocenters. The van der Waals surface area contributed by atoms with E-state index in [2.05, 4.69) is 5.32 Å². The van der Waals surface area contributed by atoms with E-state index in [1.165, 1.54) is 0 Å². The summed E-state index contributed by atoms with van der Waals surface area (Å²) in [4.78, 5) is 22.2. The number of nitrogens with zero attached hydrogens (tertiary/aromatic N) is 1. The van der Waals surface area contributed by atoms with Gasteiger partial charge in [0.05, 0.1) is 16.7 Å². The predicted molar refractivity (Wildman–Crippen MR) is 75.8 cm³/mol. The first kappa shape index (κ1) is 15.4. The second-order valence-corrected chi connectivity index (χ2v) is 6.44. The number of nitrogen functional groups attached to an aromatic ring is 1. The van der Waals surface area contributed by atoms with Crippen molar-refractivity contribution in [3.63, 3.8) is 0 Å². The number of hydrogen-bond donors (Lipinski definition) is 2. The molecule has 1 heterocycles. The Bertz CT molecular complexity index is 613. The van der Waals surface area contributed by atoms with Gasteiger partial charge in [-0.2, -0.15) is 0 Å². The van der Waals surface area contributed by atoms with Crippen LogP contribution in [0.2, 0.25) is 0 Å². The minimum Gasteiger partial charge on any atom is -0.396 e. The molecule has 21 heavy (non-hydrogen) atoms. The van der Waals surface area contributed by atoms with Crippen molar-refractivity contribution >= 4 is 28.1 Å². The van der Waals surface area contributed by atoms with E-state index in [0.717, 1.165) is 6.07 Å². The van der Waals surface area contributed by atoms with E-state index in [0.29, 0.717) is 30.4 Å². The van der Waals surface area contributed by atoms with Crippen molar-refractivity contribution in [2.75, 3.05) is 17.2 Å². The van der Waals surface area contributed by atoms with Crippen LogP contribution in [0, 0.1) is 15.9 Å². The van der Waals surface area contributed by atoms with E-state index < -0.39 is 33.1 Å². The molecule has 1 aromatic carbocycles. The Kier molecular flexibility index (Phi) is 4.51. The number of nitrogens with one attached hydrogen (secondary N) is 1. The first-order chi connectivity index (χ1) is 9.88. The number of nitro groups is 1. The molecule has 3 N–H and O–H groups in total. The van der Waals surface area contributed by atoms with E-state index in [-0.39, 0.29) is 17.3 Å². The number of nitrogens with two attached hydrogens (primary N) is 1. The van der Waals surface area contributed by atoms with Crippen LogP contribution in [-0.2, 0) is 10.8 Å². The van der Waals surface area contributed by atoms with Crippen molar-refractivity contribution in [1.29, 1.82) is 0 Å². The molecule has 1 fully saturated rings. The SMILES string of the molecule is Nc1cc(C(=O)NC2CCS(=O)CC2)c([N+](=O)[O-])cc1F.